The molecule has 0 saturated heterocycles. The average molecular weight is 683 g/mol. The van der Waals surface area contributed by atoms with Crippen LogP contribution in [0.25, 0.3) is 0 Å². The van der Waals surface area contributed by atoms with Crippen LogP contribution in [-0.2, 0) is 32.6 Å². The fourth-order valence-electron chi connectivity index (χ4n) is 4.65. The Labute approximate surface area is 266 Å². The van der Waals surface area contributed by atoms with Crippen LogP contribution in [0.4, 0.5) is 5.69 Å². The van der Waals surface area contributed by atoms with Gasteiger partial charge in [-0.3, -0.25) is 13.9 Å². The third kappa shape index (κ3) is 8.69. The van der Waals surface area contributed by atoms with Crippen molar-refractivity contribution < 1.29 is 18.0 Å². The quantitative estimate of drug-likeness (QED) is 0.186. The van der Waals surface area contributed by atoms with Gasteiger partial charge < -0.3 is 10.2 Å². The first-order valence-electron chi connectivity index (χ1n) is 13.8. The average Bonchev–Trinajstić information content (AvgIpc) is 2.98. The number of amides is 2. The third-order valence-corrected chi connectivity index (χ3v) is 9.17. The molecule has 2 amide bonds. The zero-order valence-corrected chi connectivity index (χ0v) is 27.0. The van der Waals surface area contributed by atoms with Gasteiger partial charge in [-0.1, -0.05) is 94.3 Å². The highest BCUT2D eigenvalue weighted by Gasteiger charge is 2.34. The van der Waals surface area contributed by atoms with Gasteiger partial charge in [0.25, 0.3) is 10.0 Å². The van der Waals surface area contributed by atoms with Crippen LogP contribution in [0.3, 0.4) is 0 Å². The molecule has 0 radical (unpaired) electrons. The van der Waals surface area contributed by atoms with E-state index in [-0.39, 0.29) is 35.5 Å². The summed E-state index contributed by atoms with van der Waals surface area (Å²) in [5.41, 5.74) is 1.87. The predicted molar refractivity (Wildman–Crippen MR) is 174 cm³/mol. The Morgan fingerprint density at radius 3 is 2.09 bits per heavy atom. The molecule has 43 heavy (non-hydrogen) atoms. The third-order valence-electron chi connectivity index (χ3n) is 6.65. The number of nitrogens with one attached hydrogen (secondary N) is 1. The highest BCUT2D eigenvalue weighted by atomic mass is 79.9. The SMILES string of the molecule is CC(C)NC(=O)[C@@H](Cc1ccccc1)N(Cc1cccc(Br)c1)C(=O)CN(c1cccc(Cl)c1)S(=O)(=O)c1ccccc1. The Morgan fingerprint density at radius 1 is 0.837 bits per heavy atom. The maximum atomic E-state index is 14.4. The highest BCUT2D eigenvalue weighted by Crippen LogP contribution is 2.27. The summed E-state index contributed by atoms with van der Waals surface area (Å²) in [5.74, 6) is -0.873. The summed E-state index contributed by atoms with van der Waals surface area (Å²) < 4.78 is 29.8. The number of carbonyl (C=O) groups excluding carboxylic acids is 2. The Hall–Kier alpha value is -3.66. The van der Waals surface area contributed by atoms with Crippen molar-refractivity contribution in [1.29, 1.82) is 0 Å². The normalized spacial score (nSPS) is 12.0. The highest BCUT2D eigenvalue weighted by molar-refractivity contribution is 9.10. The molecular weight excluding hydrogens is 650 g/mol. The van der Waals surface area contributed by atoms with E-state index in [0.717, 1.165) is 19.9 Å². The molecule has 0 aliphatic rings. The molecule has 7 nitrogen and oxygen atoms in total. The van der Waals surface area contributed by atoms with Crippen LogP contribution < -0.4 is 9.62 Å². The van der Waals surface area contributed by atoms with Crippen molar-refractivity contribution in [2.45, 2.75) is 43.8 Å². The topological polar surface area (TPSA) is 86.8 Å². The molecular formula is C33H33BrClN3O4S. The fourth-order valence-corrected chi connectivity index (χ4v) is 6.70. The molecule has 4 aromatic carbocycles. The van der Waals surface area contributed by atoms with Gasteiger partial charge in [0, 0.05) is 28.5 Å². The Morgan fingerprint density at radius 2 is 1.47 bits per heavy atom. The zero-order chi connectivity index (χ0) is 31.0. The molecule has 0 heterocycles. The second-order valence-corrected chi connectivity index (χ2v) is 13.5. The Balaban J connectivity index is 1.80. The maximum Gasteiger partial charge on any atom is 0.264 e. The summed E-state index contributed by atoms with van der Waals surface area (Å²) in [6.45, 7) is 3.23. The van der Waals surface area contributed by atoms with Crippen LogP contribution in [0.5, 0.6) is 0 Å². The number of hydrogen-bond donors (Lipinski definition) is 1. The first kappa shape index (κ1) is 32.3. The van der Waals surface area contributed by atoms with Gasteiger partial charge in [0.05, 0.1) is 10.6 Å². The largest absolute Gasteiger partial charge is 0.352 e. The van der Waals surface area contributed by atoms with E-state index in [1.807, 2.05) is 68.4 Å². The number of sulfonamides is 1. The van der Waals surface area contributed by atoms with E-state index >= 15 is 0 Å². The van der Waals surface area contributed by atoms with E-state index in [4.69, 9.17) is 11.6 Å². The lowest BCUT2D eigenvalue weighted by Gasteiger charge is -2.34. The lowest BCUT2D eigenvalue weighted by molar-refractivity contribution is -0.140. The van der Waals surface area contributed by atoms with E-state index in [1.165, 1.54) is 23.1 Å². The molecule has 0 bridgehead atoms. The van der Waals surface area contributed by atoms with Gasteiger partial charge in [0.2, 0.25) is 11.8 Å². The smallest absolute Gasteiger partial charge is 0.264 e. The van der Waals surface area contributed by atoms with Crippen molar-refractivity contribution >= 4 is 55.1 Å². The minimum absolute atomic E-state index is 0.0275. The summed E-state index contributed by atoms with van der Waals surface area (Å²) >= 11 is 9.75. The number of halogens is 2. The maximum absolute atomic E-state index is 14.4. The van der Waals surface area contributed by atoms with Crippen LogP contribution >= 0.6 is 27.5 Å². The second kappa shape index (κ2) is 14.7. The summed E-state index contributed by atoms with van der Waals surface area (Å²) in [6.07, 6.45) is 0.238. The van der Waals surface area contributed by atoms with Gasteiger partial charge in [0.15, 0.2) is 0 Å². The van der Waals surface area contributed by atoms with Crippen LogP contribution in [0.15, 0.2) is 119 Å². The lowest BCUT2D eigenvalue weighted by atomic mass is 10.0. The second-order valence-electron chi connectivity index (χ2n) is 10.3. The summed E-state index contributed by atoms with van der Waals surface area (Å²) in [4.78, 5) is 29.6. The van der Waals surface area contributed by atoms with Crippen LogP contribution in [0, 0.1) is 0 Å². The molecule has 0 aromatic heterocycles. The molecule has 224 valence electrons. The fraction of sp³-hybridized carbons (Fsp3) is 0.212. The van der Waals surface area contributed by atoms with Gasteiger partial charge in [-0.2, -0.15) is 0 Å². The molecule has 1 atom stereocenters. The summed E-state index contributed by atoms with van der Waals surface area (Å²) in [5, 5.41) is 3.27. The number of benzene rings is 4. The Kier molecular flexibility index (Phi) is 11.0. The molecule has 10 heteroatoms. The van der Waals surface area contributed by atoms with Crippen molar-refractivity contribution in [1.82, 2.24) is 10.2 Å². The monoisotopic (exact) mass is 681 g/mol. The van der Waals surface area contributed by atoms with E-state index in [0.29, 0.717) is 5.02 Å². The number of anilines is 1. The standard InChI is InChI=1S/C33H33BrClN3O4S/c1-24(2)36-33(40)31(20-25-11-5-3-6-12-25)37(22-26-13-9-14-27(34)19-26)32(39)23-38(29-16-10-15-28(35)21-29)43(41,42)30-17-7-4-8-18-30/h3-19,21,24,31H,20,22-23H2,1-2H3,(H,36,40)/t31-/m1/s1. The molecule has 0 aliphatic heterocycles. The van der Waals surface area contributed by atoms with Gasteiger partial charge in [-0.15, -0.1) is 0 Å². The van der Waals surface area contributed by atoms with Crippen LogP contribution in [0.2, 0.25) is 5.02 Å². The minimum atomic E-state index is -4.18. The van der Waals surface area contributed by atoms with Gasteiger partial charge in [-0.05, 0) is 67.4 Å². The number of rotatable bonds is 12. The van der Waals surface area contributed by atoms with Crippen LogP contribution in [0.1, 0.15) is 25.0 Å². The zero-order valence-electron chi connectivity index (χ0n) is 23.9. The summed E-state index contributed by atoms with van der Waals surface area (Å²) in [6, 6.07) is 30.1. The lowest BCUT2D eigenvalue weighted by Crippen LogP contribution is -2.54. The van der Waals surface area contributed by atoms with E-state index < -0.39 is 28.5 Å². The van der Waals surface area contributed by atoms with Crippen molar-refractivity contribution in [3.8, 4) is 0 Å². The van der Waals surface area contributed by atoms with E-state index in [2.05, 4.69) is 21.2 Å². The van der Waals surface area contributed by atoms with Crippen molar-refractivity contribution in [2.24, 2.45) is 0 Å². The minimum Gasteiger partial charge on any atom is -0.352 e. The van der Waals surface area contributed by atoms with Gasteiger partial charge in [-0.25, -0.2) is 8.42 Å². The molecule has 4 aromatic rings. The summed E-state index contributed by atoms with van der Waals surface area (Å²) in [7, 11) is -4.18. The first-order chi connectivity index (χ1) is 20.5. The van der Waals surface area contributed by atoms with Crippen molar-refractivity contribution in [3.63, 3.8) is 0 Å². The van der Waals surface area contributed by atoms with Gasteiger partial charge >= 0.3 is 0 Å². The molecule has 0 fully saturated rings. The number of nitrogens with zero attached hydrogens (tertiary/aromatic N) is 2. The van der Waals surface area contributed by atoms with Crippen molar-refractivity contribution in [2.75, 3.05) is 10.8 Å². The van der Waals surface area contributed by atoms with Gasteiger partial charge in [0.1, 0.15) is 12.6 Å². The molecule has 0 saturated carbocycles. The molecule has 0 aliphatic carbocycles. The van der Waals surface area contributed by atoms with Crippen LogP contribution in [-0.4, -0.2) is 43.8 Å². The Bertz CT molecular complexity index is 1650. The predicted octanol–water partition coefficient (Wildman–Crippen LogP) is 6.46. The molecule has 1 N–H and O–H groups in total. The van der Waals surface area contributed by atoms with Crippen molar-refractivity contribution in [3.05, 3.63) is 130 Å². The molecule has 4 rings (SSSR count). The van der Waals surface area contributed by atoms with E-state index in [9.17, 15) is 18.0 Å². The number of carbonyl (C=O) groups is 2. The van der Waals surface area contributed by atoms with E-state index in [1.54, 1.807) is 36.4 Å². The molecule has 0 unspecified atom stereocenters. The molecule has 0 spiro atoms. The first-order valence-corrected chi connectivity index (χ1v) is 16.4. The number of hydrogen-bond acceptors (Lipinski definition) is 4.